The lowest BCUT2D eigenvalue weighted by molar-refractivity contribution is -0.125. The lowest BCUT2D eigenvalue weighted by Gasteiger charge is -2.39. The standard InChI is InChI=1S/C23H21Cl2N3O/c1-21(2)22(3)10-11-23(21,20(29)28-17-12-13(24)8-9-14(17)25)19-18(22)26-15-6-4-5-7-16(15)27-19/h4-9,12H,10-11H2,1-3H3,(H,28,29)/t22-,23+/m1/s1. The van der Waals surface area contributed by atoms with E-state index >= 15 is 0 Å². The van der Waals surface area contributed by atoms with E-state index in [2.05, 4.69) is 26.1 Å². The van der Waals surface area contributed by atoms with Gasteiger partial charge in [0.15, 0.2) is 0 Å². The number of rotatable bonds is 2. The monoisotopic (exact) mass is 425 g/mol. The minimum absolute atomic E-state index is 0.0984. The molecule has 1 saturated carbocycles. The van der Waals surface area contributed by atoms with Gasteiger partial charge in [-0.05, 0) is 48.6 Å². The molecule has 5 rings (SSSR count). The average molecular weight is 426 g/mol. The van der Waals surface area contributed by atoms with E-state index in [9.17, 15) is 4.79 Å². The van der Waals surface area contributed by atoms with E-state index in [1.54, 1.807) is 18.2 Å². The van der Waals surface area contributed by atoms with Crippen molar-refractivity contribution in [2.75, 3.05) is 5.32 Å². The molecule has 29 heavy (non-hydrogen) atoms. The molecule has 0 saturated heterocycles. The summed E-state index contributed by atoms with van der Waals surface area (Å²) in [6, 6.07) is 12.9. The Hall–Kier alpha value is -2.17. The van der Waals surface area contributed by atoms with E-state index in [1.165, 1.54) is 0 Å². The van der Waals surface area contributed by atoms with Crippen LogP contribution in [0, 0.1) is 5.41 Å². The third-order valence-electron chi connectivity index (χ3n) is 7.51. The highest BCUT2D eigenvalue weighted by Gasteiger charge is 2.73. The summed E-state index contributed by atoms with van der Waals surface area (Å²) in [5, 5.41) is 4.03. The van der Waals surface area contributed by atoms with Crippen LogP contribution >= 0.6 is 23.2 Å². The highest BCUT2D eigenvalue weighted by molar-refractivity contribution is 6.35. The molecule has 2 atom stereocenters. The Bertz CT molecular complexity index is 1190. The van der Waals surface area contributed by atoms with E-state index in [-0.39, 0.29) is 16.7 Å². The number of fused-ring (bicyclic) bond motifs is 6. The van der Waals surface area contributed by atoms with Gasteiger partial charge >= 0.3 is 0 Å². The number of carbonyl (C=O) groups is 1. The van der Waals surface area contributed by atoms with Crippen LogP contribution in [-0.2, 0) is 15.6 Å². The van der Waals surface area contributed by atoms with Crippen LogP contribution in [0.1, 0.15) is 45.0 Å². The third kappa shape index (κ3) is 2.25. The summed E-state index contributed by atoms with van der Waals surface area (Å²) in [4.78, 5) is 23.8. The Morgan fingerprint density at radius 3 is 2.31 bits per heavy atom. The molecule has 6 heteroatoms. The second kappa shape index (κ2) is 5.93. The molecule has 4 nitrogen and oxygen atoms in total. The van der Waals surface area contributed by atoms with Crippen molar-refractivity contribution in [3.63, 3.8) is 0 Å². The minimum Gasteiger partial charge on any atom is -0.324 e. The molecule has 2 aromatic carbocycles. The van der Waals surface area contributed by atoms with E-state index in [0.29, 0.717) is 15.7 Å². The molecule has 2 bridgehead atoms. The van der Waals surface area contributed by atoms with Gasteiger partial charge in [0, 0.05) is 10.4 Å². The topological polar surface area (TPSA) is 54.9 Å². The van der Waals surface area contributed by atoms with Gasteiger partial charge in [-0.2, -0.15) is 0 Å². The SMILES string of the molecule is CC1(C)[C@]2(C)CC[C@@]1(C(=O)Nc1cc(Cl)ccc1Cl)c1nc3ccccc3nc12. The summed E-state index contributed by atoms with van der Waals surface area (Å²) >= 11 is 12.5. The van der Waals surface area contributed by atoms with Gasteiger partial charge in [0.2, 0.25) is 5.91 Å². The van der Waals surface area contributed by atoms with Gasteiger partial charge < -0.3 is 5.32 Å². The van der Waals surface area contributed by atoms with Crippen LogP contribution < -0.4 is 5.32 Å². The predicted octanol–water partition coefficient (Wildman–Crippen LogP) is 5.90. The first-order valence-electron chi connectivity index (χ1n) is 9.75. The molecule has 2 aliphatic rings. The molecule has 0 radical (unpaired) electrons. The number of nitrogens with zero attached hydrogens (tertiary/aromatic N) is 2. The van der Waals surface area contributed by atoms with Crippen LogP contribution in [0.5, 0.6) is 0 Å². The molecule has 1 N–H and O–H groups in total. The van der Waals surface area contributed by atoms with Crippen LogP contribution in [0.3, 0.4) is 0 Å². The highest BCUT2D eigenvalue weighted by atomic mass is 35.5. The molecule has 1 fully saturated rings. The smallest absolute Gasteiger partial charge is 0.237 e. The predicted molar refractivity (Wildman–Crippen MR) is 117 cm³/mol. The first-order chi connectivity index (χ1) is 13.7. The second-order valence-electron chi connectivity index (χ2n) is 8.85. The maximum Gasteiger partial charge on any atom is 0.237 e. The Labute approximate surface area is 179 Å². The number of benzene rings is 2. The maximum absolute atomic E-state index is 13.8. The Kier molecular flexibility index (Phi) is 3.85. The Balaban J connectivity index is 1.70. The van der Waals surface area contributed by atoms with Crippen molar-refractivity contribution in [1.29, 1.82) is 0 Å². The number of halogens is 2. The van der Waals surface area contributed by atoms with Crippen LogP contribution in [0.4, 0.5) is 5.69 Å². The fraction of sp³-hybridized carbons (Fsp3) is 0.348. The average Bonchev–Trinajstić information content (AvgIpc) is 2.99. The second-order valence-corrected chi connectivity index (χ2v) is 9.69. The van der Waals surface area contributed by atoms with Crippen LogP contribution in [0.15, 0.2) is 42.5 Å². The quantitative estimate of drug-likeness (QED) is 0.555. The summed E-state index contributed by atoms with van der Waals surface area (Å²) in [6.07, 6.45) is 1.61. The van der Waals surface area contributed by atoms with Crippen molar-refractivity contribution < 1.29 is 4.79 Å². The van der Waals surface area contributed by atoms with Gasteiger partial charge in [0.25, 0.3) is 0 Å². The maximum atomic E-state index is 13.8. The molecular formula is C23H21Cl2N3O. The number of hydrogen-bond acceptors (Lipinski definition) is 3. The van der Waals surface area contributed by atoms with Crippen molar-refractivity contribution in [3.05, 3.63) is 63.9 Å². The van der Waals surface area contributed by atoms with Gasteiger partial charge in [-0.25, -0.2) is 9.97 Å². The Morgan fingerprint density at radius 1 is 0.966 bits per heavy atom. The van der Waals surface area contributed by atoms with Gasteiger partial charge in [0.05, 0.1) is 38.5 Å². The fourth-order valence-corrected chi connectivity index (χ4v) is 5.71. The van der Waals surface area contributed by atoms with Gasteiger partial charge in [-0.1, -0.05) is 56.1 Å². The molecule has 0 spiro atoms. The number of nitrogens with one attached hydrogen (secondary N) is 1. The van der Waals surface area contributed by atoms with E-state index in [1.807, 2.05) is 24.3 Å². The first-order valence-corrected chi connectivity index (χ1v) is 10.5. The molecule has 1 heterocycles. The highest BCUT2D eigenvalue weighted by Crippen LogP contribution is 2.70. The summed E-state index contributed by atoms with van der Waals surface area (Å²) in [6.45, 7) is 6.53. The van der Waals surface area contributed by atoms with Gasteiger partial charge in [-0.15, -0.1) is 0 Å². The lowest BCUT2D eigenvalue weighted by Crippen LogP contribution is -2.48. The van der Waals surface area contributed by atoms with Crippen molar-refractivity contribution >= 4 is 45.8 Å². The summed E-state index contributed by atoms with van der Waals surface area (Å²) in [5.74, 6) is -0.0984. The third-order valence-corrected chi connectivity index (χ3v) is 8.07. The van der Waals surface area contributed by atoms with Crippen molar-refractivity contribution in [3.8, 4) is 0 Å². The molecular weight excluding hydrogens is 405 g/mol. The number of anilines is 1. The number of amides is 1. The van der Waals surface area contributed by atoms with E-state index in [4.69, 9.17) is 33.2 Å². The molecule has 148 valence electrons. The summed E-state index contributed by atoms with van der Waals surface area (Å²) in [5.41, 5.74) is 2.58. The van der Waals surface area contributed by atoms with Crippen molar-refractivity contribution in [2.24, 2.45) is 5.41 Å². The zero-order chi connectivity index (χ0) is 20.6. The van der Waals surface area contributed by atoms with Crippen LogP contribution in [0.25, 0.3) is 11.0 Å². The molecule has 3 aromatic rings. The number of para-hydroxylation sites is 2. The number of hydrogen-bond donors (Lipinski definition) is 1. The van der Waals surface area contributed by atoms with Crippen molar-refractivity contribution in [2.45, 2.75) is 44.4 Å². The van der Waals surface area contributed by atoms with Crippen molar-refractivity contribution in [1.82, 2.24) is 9.97 Å². The largest absolute Gasteiger partial charge is 0.324 e. The van der Waals surface area contributed by atoms with Gasteiger partial charge in [-0.3, -0.25) is 4.79 Å². The first kappa shape index (κ1) is 18.8. The lowest BCUT2D eigenvalue weighted by atomic mass is 9.63. The minimum atomic E-state index is -0.778. The molecule has 0 aliphatic heterocycles. The van der Waals surface area contributed by atoms with E-state index < -0.39 is 5.41 Å². The Morgan fingerprint density at radius 2 is 1.62 bits per heavy atom. The molecule has 1 aromatic heterocycles. The summed E-state index contributed by atoms with van der Waals surface area (Å²) < 4.78 is 0. The van der Waals surface area contributed by atoms with E-state index in [0.717, 1.165) is 35.3 Å². The zero-order valence-electron chi connectivity index (χ0n) is 16.5. The summed E-state index contributed by atoms with van der Waals surface area (Å²) in [7, 11) is 0. The molecule has 2 aliphatic carbocycles. The van der Waals surface area contributed by atoms with Gasteiger partial charge in [0.1, 0.15) is 0 Å². The molecule has 1 amide bonds. The normalized spacial score (nSPS) is 26.5. The van der Waals surface area contributed by atoms with Crippen LogP contribution in [-0.4, -0.2) is 15.9 Å². The number of aromatic nitrogens is 2. The zero-order valence-corrected chi connectivity index (χ0v) is 18.0. The fourth-order valence-electron chi connectivity index (χ4n) is 5.37. The molecule has 0 unspecified atom stereocenters. The number of carbonyl (C=O) groups excluding carboxylic acids is 1. The van der Waals surface area contributed by atoms with Crippen LogP contribution in [0.2, 0.25) is 10.0 Å².